The molecule has 15 heavy (non-hydrogen) atoms. The molecule has 1 fully saturated rings. The first-order valence-corrected chi connectivity index (χ1v) is 6.83. The quantitative estimate of drug-likeness (QED) is 0.694. The fraction of sp³-hybridized carbons (Fsp3) is 0.800. The second-order valence-electron chi connectivity index (χ2n) is 4.04. The molecule has 1 saturated carbocycles. The minimum atomic E-state index is -0.502. The van der Waals surface area contributed by atoms with Gasteiger partial charge in [-0.3, -0.25) is 4.79 Å². The van der Waals surface area contributed by atoms with E-state index < -0.39 is 5.41 Å². The lowest BCUT2D eigenvalue weighted by molar-refractivity contribution is -0.123. The fourth-order valence-electron chi connectivity index (χ4n) is 1.39. The predicted octanol–water partition coefficient (Wildman–Crippen LogP) is 1.31. The van der Waals surface area contributed by atoms with Crippen LogP contribution in [0.2, 0.25) is 0 Å². The summed E-state index contributed by atoms with van der Waals surface area (Å²) in [5, 5.41) is 3.49. The summed E-state index contributed by atoms with van der Waals surface area (Å²) in [6.07, 6.45) is 4.68. The second kappa shape index (κ2) is 5.16. The highest BCUT2D eigenvalue weighted by molar-refractivity contribution is 7.99. The zero-order chi connectivity index (χ0) is 11.5. The standard InChI is InChI=1S/C10H18N2OS2/c1-7(15-2)3-6-12-9(13)10(4-5-10)8(11)14/h7H,3-6H2,1-2H3,(H2,11,14)(H,12,13). The van der Waals surface area contributed by atoms with Crippen LogP contribution < -0.4 is 11.1 Å². The first-order chi connectivity index (χ1) is 7.03. The molecule has 0 aliphatic heterocycles. The predicted molar refractivity (Wildman–Crippen MR) is 69.1 cm³/mol. The molecule has 0 aromatic heterocycles. The first-order valence-electron chi connectivity index (χ1n) is 5.14. The zero-order valence-corrected chi connectivity index (χ0v) is 10.8. The van der Waals surface area contributed by atoms with E-state index in [1.165, 1.54) is 0 Å². The van der Waals surface area contributed by atoms with Gasteiger partial charge < -0.3 is 11.1 Å². The maximum atomic E-state index is 11.8. The number of carbonyl (C=O) groups excluding carboxylic acids is 1. The van der Waals surface area contributed by atoms with Gasteiger partial charge in [0.05, 0.1) is 10.4 Å². The minimum Gasteiger partial charge on any atom is -0.392 e. The van der Waals surface area contributed by atoms with Crippen molar-refractivity contribution in [3.8, 4) is 0 Å². The molecule has 0 bridgehead atoms. The van der Waals surface area contributed by atoms with E-state index in [0.29, 0.717) is 16.8 Å². The molecular weight excluding hydrogens is 228 g/mol. The van der Waals surface area contributed by atoms with Crippen molar-refractivity contribution >= 4 is 34.9 Å². The fourth-order valence-corrected chi connectivity index (χ4v) is 2.04. The van der Waals surface area contributed by atoms with Gasteiger partial charge in [0.1, 0.15) is 0 Å². The van der Waals surface area contributed by atoms with Gasteiger partial charge in [-0.2, -0.15) is 11.8 Å². The highest BCUT2D eigenvalue weighted by atomic mass is 32.2. The van der Waals surface area contributed by atoms with Gasteiger partial charge in [0.25, 0.3) is 0 Å². The molecule has 1 rings (SSSR count). The van der Waals surface area contributed by atoms with E-state index in [4.69, 9.17) is 18.0 Å². The third-order valence-electron chi connectivity index (χ3n) is 2.90. The third kappa shape index (κ3) is 3.08. The number of nitrogens with one attached hydrogen (secondary N) is 1. The smallest absolute Gasteiger partial charge is 0.233 e. The highest BCUT2D eigenvalue weighted by Crippen LogP contribution is 2.46. The number of hydrogen-bond donors (Lipinski definition) is 2. The van der Waals surface area contributed by atoms with Crippen molar-refractivity contribution in [3.05, 3.63) is 0 Å². The molecular formula is C10H18N2OS2. The van der Waals surface area contributed by atoms with Gasteiger partial charge in [-0.25, -0.2) is 0 Å². The van der Waals surface area contributed by atoms with E-state index in [0.717, 1.165) is 19.3 Å². The Morgan fingerprint density at radius 1 is 1.67 bits per heavy atom. The van der Waals surface area contributed by atoms with E-state index in [-0.39, 0.29) is 5.91 Å². The molecule has 1 unspecified atom stereocenters. The van der Waals surface area contributed by atoms with E-state index in [9.17, 15) is 4.79 Å². The van der Waals surface area contributed by atoms with Gasteiger partial charge in [0, 0.05) is 11.8 Å². The van der Waals surface area contributed by atoms with E-state index >= 15 is 0 Å². The number of nitrogens with two attached hydrogens (primary N) is 1. The van der Waals surface area contributed by atoms with Crippen molar-refractivity contribution in [1.29, 1.82) is 0 Å². The van der Waals surface area contributed by atoms with Crippen LogP contribution in [0.4, 0.5) is 0 Å². The Kier molecular flexibility index (Phi) is 4.40. The van der Waals surface area contributed by atoms with Crippen LogP contribution in [0, 0.1) is 5.41 Å². The average molecular weight is 246 g/mol. The highest BCUT2D eigenvalue weighted by Gasteiger charge is 2.52. The molecule has 0 aromatic carbocycles. The molecule has 1 amide bonds. The zero-order valence-electron chi connectivity index (χ0n) is 9.21. The molecule has 1 aliphatic carbocycles. The van der Waals surface area contributed by atoms with Crippen LogP contribution in [0.3, 0.4) is 0 Å². The minimum absolute atomic E-state index is 0.0169. The van der Waals surface area contributed by atoms with Crippen molar-refractivity contribution < 1.29 is 4.79 Å². The summed E-state index contributed by atoms with van der Waals surface area (Å²) in [6.45, 7) is 2.86. The Balaban J connectivity index is 2.28. The molecule has 1 aliphatic rings. The number of thioether (sulfide) groups is 1. The second-order valence-corrected chi connectivity index (χ2v) is 5.75. The SMILES string of the molecule is CSC(C)CCNC(=O)C1(C(N)=S)CC1. The summed E-state index contributed by atoms with van der Waals surface area (Å²) < 4.78 is 0. The summed E-state index contributed by atoms with van der Waals surface area (Å²) >= 11 is 6.71. The Morgan fingerprint density at radius 2 is 2.27 bits per heavy atom. The van der Waals surface area contributed by atoms with Crippen LogP contribution in [0.15, 0.2) is 0 Å². The van der Waals surface area contributed by atoms with Gasteiger partial charge >= 0.3 is 0 Å². The number of thiocarbonyl (C=S) groups is 1. The van der Waals surface area contributed by atoms with Crippen LogP contribution in [0.25, 0.3) is 0 Å². The van der Waals surface area contributed by atoms with Crippen molar-refractivity contribution in [2.75, 3.05) is 12.8 Å². The monoisotopic (exact) mass is 246 g/mol. The van der Waals surface area contributed by atoms with Gasteiger partial charge in [-0.05, 0) is 25.5 Å². The first kappa shape index (κ1) is 12.8. The molecule has 0 radical (unpaired) electrons. The van der Waals surface area contributed by atoms with Crippen LogP contribution in [-0.2, 0) is 4.79 Å². The maximum Gasteiger partial charge on any atom is 0.233 e. The summed E-state index contributed by atoms with van der Waals surface area (Å²) in [5.74, 6) is 0.0169. The van der Waals surface area contributed by atoms with Crippen molar-refractivity contribution in [2.45, 2.75) is 31.4 Å². The summed E-state index contributed by atoms with van der Waals surface area (Å²) in [6, 6.07) is 0. The van der Waals surface area contributed by atoms with E-state index in [2.05, 4.69) is 18.5 Å². The average Bonchev–Trinajstić information content (AvgIpc) is 2.97. The van der Waals surface area contributed by atoms with Gasteiger partial charge in [-0.15, -0.1) is 0 Å². The number of hydrogen-bond acceptors (Lipinski definition) is 3. The molecule has 0 spiro atoms. The topological polar surface area (TPSA) is 55.1 Å². The largest absolute Gasteiger partial charge is 0.392 e. The lowest BCUT2D eigenvalue weighted by Crippen LogP contribution is -2.40. The number of rotatable bonds is 6. The lowest BCUT2D eigenvalue weighted by atomic mass is 10.1. The lowest BCUT2D eigenvalue weighted by Gasteiger charge is -2.14. The third-order valence-corrected chi connectivity index (χ3v) is 4.33. The molecule has 1 atom stereocenters. The van der Waals surface area contributed by atoms with Crippen LogP contribution in [0.1, 0.15) is 26.2 Å². The van der Waals surface area contributed by atoms with Gasteiger partial charge in [0.2, 0.25) is 5.91 Å². The summed E-state index contributed by atoms with van der Waals surface area (Å²) in [5.41, 5.74) is 5.06. The van der Waals surface area contributed by atoms with Crippen LogP contribution in [0.5, 0.6) is 0 Å². The van der Waals surface area contributed by atoms with Crippen molar-refractivity contribution in [2.24, 2.45) is 11.1 Å². The molecule has 3 N–H and O–H groups in total. The van der Waals surface area contributed by atoms with E-state index in [1.54, 1.807) is 11.8 Å². The number of amides is 1. The van der Waals surface area contributed by atoms with Crippen molar-refractivity contribution in [3.63, 3.8) is 0 Å². The Hall–Kier alpha value is -0.290. The molecule has 0 saturated heterocycles. The van der Waals surface area contributed by atoms with E-state index in [1.807, 2.05) is 0 Å². The van der Waals surface area contributed by atoms with Crippen LogP contribution >= 0.6 is 24.0 Å². The molecule has 0 aromatic rings. The normalized spacial score (nSPS) is 19.3. The molecule has 5 heteroatoms. The molecule has 86 valence electrons. The van der Waals surface area contributed by atoms with Gasteiger partial charge in [-0.1, -0.05) is 19.1 Å². The Bertz CT molecular complexity index is 264. The molecule has 3 nitrogen and oxygen atoms in total. The van der Waals surface area contributed by atoms with Crippen LogP contribution in [-0.4, -0.2) is 28.9 Å². The Morgan fingerprint density at radius 3 is 2.67 bits per heavy atom. The summed E-state index contributed by atoms with van der Waals surface area (Å²) in [7, 11) is 0. The molecule has 0 heterocycles. The summed E-state index contributed by atoms with van der Waals surface area (Å²) in [4.78, 5) is 12.1. The maximum absolute atomic E-state index is 11.8. The Labute approximate surface area is 101 Å². The number of carbonyl (C=O) groups is 1. The van der Waals surface area contributed by atoms with Gasteiger partial charge in [0.15, 0.2) is 0 Å². The van der Waals surface area contributed by atoms with Crippen molar-refractivity contribution in [1.82, 2.24) is 5.32 Å².